The normalized spacial score (nSPS) is 13.0. The van der Waals surface area contributed by atoms with Crippen LogP contribution in [-0.2, 0) is 11.2 Å². The number of ether oxygens (including phenoxy) is 2. The molecule has 2 heterocycles. The van der Waals surface area contributed by atoms with Crippen LogP contribution in [-0.4, -0.2) is 22.8 Å². The lowest BCUT2D eigenvalue weighted by atomic mass is 10.1. The van der Waals surface area contributed by atoms with Crippen LogP contribution in [0.2, 0.25) is 0 Å². The summed E-state index contributed by atoms with van der Waals surface area (Å²) < 4.78 is 10.5. The fourth-order valence-corrected chi connectivity index (χ4v) is 2.58. The third-order valence-corrected chi connectivity index (χ3v) is 3.71. The van der Waals surface area contributed by atoms with Crippen LogP contribution in [0, 0.1) is 0 Å². The average molecular weight is 323 g/mol. The number of rotatable bonds is 3. The second-order valence-electron chi connectivity index (χ2n) is 5.33. The zero-order valence-corrected chi connectivity index (χ0v) is 12.5. The molecule has 2 aromatic carbocycles. The SMILES string of the molecule is O=C(Cc1ccc2c(c1)OCO2)N=Nc1c(O)[nH]c2ccccc12. The van der Waals surface area contributed by atoms with Crippen molar-refractivity contribution in [3.8, 4) is 17.4 Å². The molecular weight excluding hydrogens is 310 g/mol. The summed E-state index contributed by atoms with van der Waals surface area (Å²) in [5.74, 6) is 0.748. The molecule has 1 amide bonds. The van der Waals surface area contributed by atoms with Crippen molar-refractivity contribution in [3.63, 3.8) is 0 Å². The Bertz CT molecular complexity index is 962. The zero-order chi connectivity index (χ0) is 16.5. The van der Waals surface area contributed by atoms with Gasteiger partial charge in [0.2, 0.25) is 12.7 Å². The Kier molecular flexibility index (Phi) is 3.38. The topological polar surface area (TPSA) is 96.3 Å². The number of aromatic nitrogens is 1. The summed E-state index contributed by atoms with van der Waals surface area (Å²) in [6, 6.07) is 12.5. The molecule has 0 spiro atoms. The molecule has 0 saturated carbocycles. The first-order valence-corrected chi connectivity index (χ1v) is 7.33. The highest BCUT2D eigenvalue weighted by Gasteiger charge is 2.15. The Morgan fingerprint density at radius 1 is 1.17 bits per heavy atom. The van der Waals surface area contributed by atoms with E-state index in [9.17, 15) is 9.90 Å². The quantitative estimate of drug-likeness (QED) is 0.721. The molecule has 0 unspecified atom stereocenters. The van der Waals surface area contributed by atoms with Crippen molar-refractivity contribution in [1.29, 1.82) is 0 Å². The van der Waals surface area contributed by atoms with Crippen LogP contribution < -0.4 is 9.47 Å². The number of benzene rings is 2. The van der Waals surface area contributed by atoms with Gasteiger partial charge in [0, 0.05) is 5.39 Å². The van der Waals surface area contributed by atoms with E-state index in [-0.39, 0.29) is 24.8 Å². The number of carbonyl (C=O) groups excluding carboxylic acids is 1. The van der Waals surface area contributed by atoms with E-state index in [1.807, 2.05) is 18.2 Å². The lowest BCUT2D eigenvalue weighted by Gasteiger charge is -1.99. The largest absolute Gasteiger partial charge is 0.493 e. The molecule has 4 rings (SSSR count). The Morgan fingerprint density at radius 3 is 2.92 bits per heavy atom. The molecule has 0 atom stereocenters. The molecule has 1 aliphatic rings. The van der Waals surface area contributed by atoms with Gasteiger partial charge in [-0.05, 0) is 23.8 Å². The van der Waals surface area contributed by atoms with Crippen molar-refractivity contribution in [2.75, 3.05) is 6.79 Å². The number of carbonyl (C=O) groups is 1. The van der Waals surface area contributed by atoms with Gasteiger partial charge < -0.3 is 19.6 Å². The van der Waals surface area contributed by atoms with Crippen LogP contribution in [0.15, 0.2) is 52.7 Å². The standard InChI is InChI=1S/C17H13N3O4/c21-15(8-10-5-6-13-14(7-10)24-9-23-13)19-20-16-11-3-1-2-4-12(11)18-17(16)22/h1-7,18,22H,8-9H2. The second kappa shape index (κ2) is 5.69. The van der Waals surface area contributed by atoms with Crippen LogP contribution >= 0.6 is 0 Å². The predicted molar refractivity (Wildman–Crippen MR) is 85.8 cm³/mol. The van der Waals surface area contributed by atoms with E-state index in [1.54, 1.807) is 24.3 Å². The minimum absolute atomic E-state index is 0.0866. The Morgan fingerprint density at radius 2 is 2.00 bits per heavy atom. The smallest absolute Gasteiger partial charge is 0.269 e. The van der Waals surface area contributed by atoms with Crippen LogP contribution in [0.3, 0.4) is 0 Å². The van der Waals surface area contributed by atoms with E-state index in [0.29, 0.717) is 16.9 Å². The zero-order valence-electron chi connectivity index (χ0n) is 12.5. The van der Waals surface area contributed by atoms with Gasteiger partial charge in [0.15, 0.2) is 17.2 Å². The molecule has 1 aliphatic heterocycles. The summed E-state index contributed by atoms with van der Waals surface area (Å²) in [7, 11) is 0. The lowest BCUT2D eigenvalue weighted by molar-refractivity contribution is -0.117. The minimum Gasteiger partial charge on any atom is -0.493 e. The first-order chi connectivity index (χ1) is 11.7. The van der Waals surface area contributed by atoms with E-state index >= 15 is 0 Å². The molecule has 0 saturated heterocycles. The van der Waals surface area contributed by atoms with E-state index in [1.165, 1.54) is 0 Å². The van der Waals surface area contributed by atoms with Gasteiger partial charge in [-0.3, -0.25) is 4.79 Å². The third-order valence-electron chi connectivity index (χ3n) is 3.71. The Hall–Kier alpha value is -3.35. The van der Waals surface area contributed by atoms with Gasteiger partial charge in [-0.2, -0.15) is 0 Å². The molecule has 120 valence electrons. The van der Waals surface area contributed by atoms with Crippen LogP contribution in [0.1, 0.15) is 5.56 Å². The van der Waals surface area contributed by atoms with Crippen molar-refractivity contribution < 1.29 is 19.4 Å². The highest BCUT2D eigenvalue weighted by Crippen LogP contribution is 2.35. The predicted octanol–water partition coefficient (Wildman–Crippen LogP) is 3.46. The number of H-pyrrole nitrogens is 1. The van der Waals surface area contributed by atoms with Crippen molar-refractivity contribution in [1.82, 2.24) is 4.98 Å². The van der Waals surface area contributed by atoms with Crippen molar-refractivity contribution in [2.45, 2.75) is 6.42 Å². The van der Waals surface area contributed by atoms with Gasteiger partial charge in [-0.15, -0.1) is 10.2 Å². The fraction of sp³-hybridized carbons (Fsp3) is 0.118. The maximum atomic E-state index is 12.0. The van der Waals surface area contributed by atoms with Gasteiger partial charge in [-0.25, -0.2) is 0 Å². The number of nitrogens with zero attached hydrogens (tertiary/aromatic N) is 2. The highest BCUT2D eigenvalue weighted by molar-refractivity contribution is 5.94. The molecule has 0 bridgehead atoms. The first-order valence-electron chi connectivity index (χ1n) is 7.33. The number of aromatic amines is 1. The van der Waals surface area contributed by atoms with Gasteiger partial charge >= 0.3 is 0 Å². The van der Waals surface area contributed by atoms with Gasteiger partial charge in [-0.1, -0.05) is 24.3 Å². The monoisotopic (exact) mass is 323 g/mol. The second-order valence-corrected chi connectivity index (χ2v) is 5.33. The molecular formula is C17H13N3O4. The maximum absolute atomic E-state index is 12.0. The molecule has 24 heavy (non-hydrogen) atoms. The summed E-state index contributed by atoms with van der Waals surface area (Å²) in [5, 5.41) is 18.2. The number of fused-ring (bicyclic) bond motifs is 2. The van der Waals surface area contributed by atoms with Crippen molar-refractivity contribution in [3.05, 3.63) is 48.0 Å². The third kappa shape index (κ3) is 2.56. The molecule has 7 heteroatoms. The summed E-state index contributed by atoms with van der Waals surface area (Å²) >= 11 is 0. The van der Waals surface area contributed by atoms with E-state index in [0.717, 1.165) is 11.1 Å². The summed E-state index contributed by atoms with van der Waals surface area (Å²) in [5.41, 5.74) is 1.74. The summed E-state index contributed by atoms with van der Waals surface area (Å²) in [6.45, 7) is 0.187. The van der Waals surface area contributed by atoms with Crippen LogP contribution in [0.4, 0.5) is 5.69 Å². The molecule has 0 fully saturated rings. The van der Waals surface area contributed by atoms with E-state index in [4.69, 9.17) is 9.47 Å². The van der Waals surface area contributed by atoms with Crippen molar-refractivity contribution in [2.24, 2.45) is 10.2 Å². The average Bonchev–Trinajstić information content (AvgIpc) is 3.16. The number of amides is 1. The molecule has 1 aromatic heterocycles. The maximum Gasteiger partial charge on any atom is 0.269 e. The van der Waals surface area contributed by atoms with Gasteiger partial charge in [0.25, 0.3) is 5.91 Å². The van der Waals surface area contributed by atoms with Crippen molar-refractivity contribution >= 4 is 22.5 Å². The summed E-state index contributed by atoms with van der Waals surface area (Å²) in [6.07, 6.45) is 0.0866. The van der Waals surface area contributed by atoms with E-state index in [2.05, 4.69) is 15.2 Å². The van der Waals surface area contributed by atoms with Crippen LogP contribution in [0.25, 0.3) is 10.9 Å². The number of aromatic hydroxyl groups is 1. The van der Waals surface area contributed by atoms with E-state index < -0.39 is 5.91 Å². The number of para-hydroxylation sites is 1. The molecule has 0 aliphatic carbocycles. The molecule has 2 N–H and O–H groups in total. The number of hydrogen-bond donors (Lipinski definition) is 2. The first kappa shape index (κ1) is 14.3. The lowest BCUT2D eigenvalue weighted by Crippen LogP contribution is -1.97. The van der Waals surface area contributed by atoms with Gasteiger partial charge in [0.1, 0.15) is 0 Å². The number of hydrogen-bond acceptors (Lipinski definition) is 5. The Balaban J connectivity index is 1.53. The van der Waals surface area contributed by atoms with Crippen LogP contribution in [0.5, 0.6) is 17.4 Å². The molecule has 0 radical (unpaired) electrons. The highest BCUT2D eigenvalue weighted by atomic mass is 16.7. The number of nitrogens with one attached hydrogen (secondary N) is 1. The summed E-state index contributed by atoms with van der Waals surface area (Å²) in [4.78, 5) is 14.8. The van der Waals surface area contributed by atoms with Gasteiger partial charge in [0.05, 0.1) is 11.9 Å². The Labute approximate surface area is 136 Å². The molecule has 7 nitrogen and oxygen atoms in total. The minimum atomic E-state index is -0.418. The number of azo groups is 1. The fourth-order valence-electron chi connectivity index (χ4n) is 2.58. The molecule has 3 aromatic rings.